The van der Waals surface area contributed by atoms with Crippen molar-refractivity contribution in [2.24, 2.45) is 0 Å². The highest BCUT2D eigenvalue weighted by atomic mass is 16.7. The lowest BCUT2D eigenvalue weighted by atomic mass is 9.98. The molecule has 3 N–H and O–H groups in total. The number of aliphatic hydroxyl groups is 2. The summed E-state index contributed by atoms with van der Waals surface area (Å²) in [6, 6.07) is 0. The smallest absolute Gasteiger partial charge is 0.335 e. The number of aliphatic hydroxyl groups excluding tert-OH is 2. The molecule has 0 amide bonds. The Hall–Kier alpha value is -3.32. The number of allylic oxidation sites excluding steroid dienone is 8. The van der Waals surface area contributed by atoms with Crippen LogP contribution in [-0.4, -0.2) is 89.2 Å². The maximum Gasteiger partial charge on any atom is 0.335 e. The summed E-state index contributed by atoms with van der Waals surface area (Å²) in [5.41, 5.74) is 0. The third-order valence-electron chi connectivity index (χ3n) is 12.8. The van der Waals surface area contributed by atoms with E-state index in [9.17, 15) is 34.5 Å². The molecule has 0 aromatic rings. The first kappa shape index (κ1) is 65.7. The fourth-order valence-electron chi connectivity index (χ4n) is 8.37. The van der Waals surface area contributed by atoms with Gasteiger partial charge in [-0.1, -0.05) is 185 Å². The average Bonchev–Trinajstić information content (AvgIpc) is 3.35. The Labute approximate surface area is 431 Å². The van der Waals surface area contributed by atoms with Crippen molar-refractivity contribution in [3.8, 4) is 0 Å². The van der Waals surface area contributed by atoms with Crippen LogP contribution in [0.15, 0.2) is 48.6 Å². The Morgan fingerprint density at radius 2 is 0.859 bits per heavy atom. The van der Waals surface area contributed by atoms with Gasteiger partial charge in [0.2, 0.25) is 0 Å². The molecule has 0 radical (unpaired) electrons. The molecule has 0 spiro atoms. The molecular weight excluding hydrogens is 901 g/mol. The number of unbranched alkanes of at least 4 members (excludes halogenated alkanes) is 26. The third-order valence-corrected chi connectivity index (χ3v) is 12.8. The SMILES string of the molecule is CCCC/C=C\CCCCCCCC(=O)OC(COC(=O)CCCCCCC/C=C\C/C=C\CCCCC)COC1OC(C(=O)O)C(O)C(O)C1OC(=O)CCCCCCC/C=C\CCCCCCCC. The lowest BCUT2D eigenvalue weighted by Gasteiger charge is -2.40. The number of esters is 3. The minimum Gasteiger partial charge on any atom is -0.479 e. The topological polar surface area (TPSA) is 175 Å². The Balaban J connectivity index is 2.71. The summed E-state index contributed by atoms with van der Waals surface area (Å²) in [5, 5.41) is 31.4. The molecule has 0 aromatic carbocycles. The van der Waals surface area contributed by atoms with E-state index < -0.39 is 67.3 Å². The molecule has 12 nitrogen and oxygen atoms in total. The molecule has 1 heterocycles. The first-order valence-corrected chi connectivity index (χ1v) is 28.6. The van der Waals surface area contributed by atoms with Crippen LogP contribution in [0.1, 0.15) is 252 Å². The maximum absolute atomic E-state index is 13.1. The lowest BCUT2D eigenvalue weighted by Crippen LogP contribution is -2.61. The molecule has 0 saturated carbocycles. The van der Waals surface area contributed by atoms with Crippen LogP contribution in [0.5, 0.6) is 0 Å². The van der Waals surface area contributed by atoms with Crippen LogP contribution in [0.25, 0.3) is 0 Å². The lowest BCUT2D eigenvalue weighted by molar-refractivity contribution is -0.301. The zero-order valence-corrected chi connectivity index (χ0v) is 45.0. The predicted molar refractivity (Wildman–Crippen MR) is 285 cm³/mol. The van der Waals surface area contributed by atoms with Crippen molar-refractivity contribution < 1.29 is 58.2 Å². The van der Waals surface area contributed by atoms with Crippen LogP contribution in [0.3, 0.4) is 0 Å². The van der Waals surface area contributed by atoms with E-state index in [1.54, 1.807) is 0 Å². The number of hydrogen-bond donors (Lipinski definition) is 3. The number of ether oxygens (including phenoxy) is 5. The molecule has 1 saturated heterocycles. The van der Waals surface area contributed by atoms with Gasteiger partial charge in [0.1, 0.15) is 18.8 Å². The van der Waals surface area contributed by atoms with Crippen molar-refractivity contribution in [1.82, 2.24) is 0 Å². The van der Waals surface area contributed by atoms with Crippen LogP contribution in [0.4, 0.5) is 0 Å². The Morgan fingerprint density at radius 1 is 0.465 bits per heavy atom. The minimum atomic E-state index is -1.91. The largest absolute Gasteiger partial charge is 0.479 e. The van der Waals surface area contributed by atoms with Crippen LogP contribution in [-0.2, 0) is 42.9 Å². The van der Waals surface area contributed by atoms with E-state index in [-0.39, 0.29) is 25.9 Å². The standard InChI is InChI=1S/C59H102O12/c1-4-7-10-13-16-19-22-24-26-28-31-33-36-39-42-45-51(60)67-48-50(69-52(61)46-43-40-37-34-30-21-18-15-12-9-6-3)49-68-59-57(55(64)54(63)56(71-59)58(65)66)70-53(62)47-44-41-38-35-32-29-27-25-23-20-17-14-11-8-5-2/h15-16,18-19,24-27,50,54-57,59,63-64H,4-14,17,20-23,28-49H2,1-3H3,(H,65,66)/b18-15-,19-16-,26-24-,27-25-. The van der Waals surface area contributed by atoms with E-state index in [1.807, 2.05) is 0 Å². The zero-order valence-electron chi connectivity index (χ0n) is 45.0. The second kappa shape index (κ2) is 47.7. The fraction of sp³-hybridized carbons (Fsp3) is 0.797. The van der Waals surface area contributed by atoms with E-state index in [2.05, 4.69) is 69.4 Å². The summed E-state index contributed by atoms with van der Waals surface area (Å²) in [7, 11) is 0. The highest BCUT2D eigenvalue weighted by Gasteiger charge is 2.50. The predicted octanol–water partition coefficient (Wildman–Crippen LogP) is 14.2. The fourth-order valence-corrected chi connectivity index (χ4v) is 8.37. The Bertz CT molecular complexity index is 1420. The summed E-state index contributed by atoms with van der Waals surface area (Å²) in [5.74, 6) is -3.15. The van der Waals surface area contributed by atoms with Crippen molar-refractivity contribution in [1.29, 1.82) is 0 Å². The molecule has 0 bridgehead atoms. The summed E-state index contributed by atoms with van der Waals surface area (Å²) in [6.07, 6.45) is 43.7. The van der Waals surface area contributed by atoms with Gasteiger partial charge in [0.25, 0.3) is 0 Å². The van der Waals surface area contributed by atoms with Gasteiger partial charge in [-0.3, -0.25) is 14.4 Å². The Morgan fingerprint density at radius 3 is 1.35 bits per heavy atom. The van der Waals surface area contributed by atoms with Gasteiger partial charge in [0.05, 0.1) is 6.61 Å². The van der Waals surface area contributed by atoms with Gasteiger partial charge in [-0.05, 0) is 96.3 Å². The molecule has 1 aliphatic heterocycles. The number of carboxylic acids is 1. The van der Waals surface area contributed by atoms with Gasteiger partial charge in [-0.15, -0.1) is 0 Å². The van der Waals surface area contributed by atoms with Crippen LogP contribution >= 0.6 is 0 Å². The molecule has 1 aliphatic rings. The molecule has 1 rings (SSSR count). The van der Waals surface area contributed by atoms with Gasteiger partial charge < -0.3 is 39.0 Å². The number of carboxylic acid groups (broad SMARTS) is 1. The van der Waals surface area contributed by atoms with Gasteiger partial charge in [0.15, 0.2) is 24.6 Å². The summed E-state index contributed by atoms with van der Waals surface area (Å²) >= 11 is 0. The van der Waals surface area contributed by atoms with Crippen LogP contribution < -0.4 is 0 Å². The number of carbonyl (C=O) groups excluding carboxylic acids is 3. The van der Waals surface area contributed by atoms with E-state index in [4.69, 9.17) is 23.7 Å². The molecule has 410 valence electrons. The molecule has 1 fully saturated rings. The van der Waals surface area contributed by atoms with Crippen molar-refractivity contribution in [3.63, 3.8) is 0 Å². The van der Waals surface area contributed by atoms with Crippen molar-refractivity contribution in [3.05, 3.63) is 48.6 Å². The number of aliphatic carboxylic acids is 1. The molecule has 0 aliphatic carbocycles. The second-order valence-corrected chi connectivity index (χ2v) is 19.6. The van der Waals surface area contributed by atoms with E-state index >= 15 is 0 Å². The van der Waals surface area contributed by atoms with Gasteiger partial charge in [0, 0.05) is 19.3 Å². The molecular formula is C59H102O12. The van der Waals surface area contributed by atoms with Gasteiger partial charge >= 0.3 is 23.9 Å². The summed E-state index contributed by atoms with van der Waals surface area (Å²) in [6.45, 7) is 5.89. The van der Waals surface area contributed by atoms with Crippen molar-refractivity contribution in [2.45, 2.75) is 289 Å². The molecule has 12 heteroatoms. The highest BCUT2D eigenvalue weighted by molar-refractivity contribution is 5.74. The van der Waals surface area contributed by atoms with Crippen LogP contribution in [0, 0.1) is 0 Å². The monoisotopic (exact) mass is 1000 g/mol. The zero-order chi connectivity index (χ0) is 51.8. The molecule has 6 atom stereocenters. The quantitative estimate of drug-likeness (QED) is 0.0228. The van der Waals surface area contributed by atoms with Crippen LogP contribution in [0.2, 0.25) is 0 Å². The number of hydrogen-bond acceptors (Lipinski definition) is 11. The minimum absolute atomic E-state index is 0.0492. The van der Waals surface area contributed by atoms with E-state index in [0.717, 1.165) is 122 Å². The van der Waals surface area contributed by atoms with Gasteiger partial charge in [-0.2, -0.15) is 0 Å². The summed E-state index contributed by atoms with van der Waals surface area (Å²) in [4.78, 5) is 51.0. The normalized spacial score (nSPS) is 18.8. The first-order chi connectivity index (χ1) is 34.6. The maximum atomic E-state index is 13.1. The second-order valence-electron chi connectivity index (χ2n) is 19.6. The van der Waals surface area contributed by atoms with E-state index in [1.165, 1.54) is 70.6 Å². The molecule has 0 aromatic heterocycles. The van der Waals surface area contributed by atoms with Gasteiger partial charge in [-0.25, -0.2) is 4.79 Å². The van der Waals surface area contributed by atoms with E-state index in [0.29, 0.717) is 19.3 Å². The highest BCUT2D eigenvalue weighted by Crippen LogP contribution is 2.26. The molecule has 71 heavy (non-hydrogen) atoms. The third kappa shape index (κ3) is 38.0. The number of rotatable bonds is 48. The Kier molecular flexibility index (Phi) is 44.1. The number of carbonyl (C=O) groups is 4. The summed E-state index contributed by atoms with van der Waals surface area (Å²) < 4.78 is 28.3. The average molecular weight is 1000 g/mol. The van der Waals surface area contributed by atoms with Crippen molar-refractivity contribution >= 4 is 23.9 Å². The van der Waals surface area contributed by atoms with Crippen molar-refractivity contribution in [2.75, 3.05) is 13.2 Å². The molecule has 6 unspecified atom stereocenters. The first-order valence-electron chi connectivity index (χ1n) is 28.6.